The lowest BCUT2D eigenvalue weighted by atomic mass is 9.44. The number of hydrogen-bond donors (Lipinski definition) is 3. The van der Waals surface area contributed by atoms with Gasteiger partial charge in [0.2, 0.25) is 5.91 Å². The van der Waals surface area contributed by atoms with E-state index < -0.39 is 18.0 Å². The zero-order chi connectivity index (χ0) is 26.0. The minimum atomic E-state index is -1.16. The molecule has 2 heterocycles. The van der Waals surface area contributed by atoms with E-state index in [9.17, 15) is 19.2 Å². The number of hydrogen-bond acceptors (Lipinski definition) is 7. The number of carbonyl (C=O) groups is 3. The number of carbonyl (C=O) groups excluding carboxylic acids is 2. The van der Waals surface area contributed by atoms with Gasteiger partial charge in [-0.05, 0) is 31.4 Å². The molecule has 3 rings (SSSR count). The number of aromatic carboxylic acids is 1. The number of rotatable bonds is 8. The van der Waals surface area contributed by atoms with E-state index in [0.29, 0.717) is 35.9 Å². The minimum Gasteiger partial charge on any atom is -0.497 e. The molecule has 35 heavy (non-hydrogen) atoms. The SMILES string of the molecule is C=CCCC(NC(=O)C1CCCB1C#N)C(=O)OC.COc1ccc2c(=O)cc(C(=O)O)[nH]c2c1. The van der Waals surface area contributed by atoms with E-state index in [-0.39, 0.29) is 29.6 Å². The molecular weight excluding hydrogens is 453 g/mol. The first-order valence-corrected chi connectivity index (χ1v) is 11.1. The van der Waals surface area contributed by atoms with Crippen LogP contribution in [-0.2, 0) is 14.3 Å². The monoisotopic (exact) mass is 481 g/mol. The third-order valence-electron chi connectivity index (χ3n) is 5.75. The maximum Gasteiger partial charge on any atom is 0.352 e. The van der Waals surface area contributed by atoms with Crippen LogP contribution in [0.25, 0.3) is 10.9 Å². The highest BCUT2D eigenvalue weighted by Crippen LogP contribution is 2.30. The molecule has 3 N–H and O–H groups in total. The summed E-state index contributed by atoms with van der Waals surface area (Å²) in [5, 5.41) is 20.9. The molecule has 184 valence electrons. The number of benzene rings is 1. The van der Waals surface area contributed by atoms with Crippen molar-refractivity contribution in [3.05, 3.63) is 52.8 Å². The molecule has 10 nitrogen and oxygen atoms in total. The van der Waals surface area contributed by atoms with Gasteiger partial charge < -0.3 is 24.9 Å². The Hall–Kier alpha value is -4.07. The van der Waals surface area contributed by atoms with Gasteiger partial charge in [-0.1, -0.05) is 18.8 Å². The summed E-state index contributed by atoms with van der Waals surface area (Å²) in [6.07, 6.45) is 5.11. The number of H-pyrrole nitrogens is 1. The molecule has 2 aromatic rings. The predicted molar refractivity (Wildman–Crippen MR) is 131 cm³/mol. The molecule has 0 spiro atoms. The largest absolute Gasteiger partial charge is 0.497 e. The van der Waals surface area contributed by atoms with Crippen LogP contribution in [0.4, 0.5) is 0 Å². The second kappa shape index (κ2) is 13.0. The van der Waals surface area contributed by atoms with Crippen molar-refractivity contribution in [1.29, 1.82) is 5.26 Å². The quantitative estimate of drug-likeness (QED) is 0.295. The molecule has 2 atom stereocenters. The number of nitriles is 1. The fourth-order valence-corrected chi connectivity index (χ4v) is 3.86. The normalized spacial score (nSPS) is 15.2. The fraction of sp³-hybridized carbons (Fsp3) is 0.375. The molecule has 1 amide bonds. The smallest absolute Gasteiger partial charge is 0.352 e. The van der Waals surface area contributed by atoms with E-state index in [4.69, 9.17) is 15.1 Å². The van der Waals surface area contributed by atoms with Crippen molar-refractivity contribution >= 4 is 35.5 Å². The number of ether oxygens (including phenoxy) is 2. The van der Waals surface area contributed by atoms with Gasteiger partial charge in [0.1, 0.15) is 17.5 Å². The van der Waals surface area contributed by atoms with Gasteiger partial charge in [-0.3, -0.25) is 9.59 Å². The summed E-state index contributed by atoms with van der Waals surface area (Å²) in [5.74, 6) is 0.577. The van der Waals surface area contributed by atoms with E-state index in [1.54, 1.807) is 24.3 Å². The zero-order valence-corrected chi connectivity index (χ0v) is 19.7. The molecule has 0 saturated carbocycles. The first kappa shape index (κ1) is 27.2. The summed E-state index contributed by atoms with van der Waals surface area (Å²) in [6, 6.07) is 5.24. The zero-order valence-electron chi connectivity index (χ0n) is 19.7. The second-order valence-corrected chi connectivity index (χ2v) is 7.99. The fourth-order valence-electron chi connectivity index (χ4n) is 3.86. The number of amides is 1. The first-order chi connectivity index (χ1) is 16.7. The Morgan fingerprint density at radius 3 is 2.71 bits per heavy atom. The van der Waals surface area contributed by atoms with Gasteiger partial charge in [0.15, 0.2) is 5.43 Å². The molecule has 2 unspecified atom stereocenters. The number of nitrogens with one attached hydrogen (secondary N) is 2. The highest BCUT2D eigenvalue weighted by molar-refractivity contribution is 6.72. The molecule has 0 radical (unpaired) electrons. The Morgan fingerprint density at radius 1 is 1.37 bits per heavy atom. The van der Waals surface area contributed by atoms with Crippen molar-refractivity contribution in [1.82, 2.24) is 10.3 Å². The lowest BCUT2D eigenvalue weighted by Gasteiger charge is -2.19. The van der Waals surface area contributed by atoms with Crippen LogP contribution in [0, 0.1) is 11.2 Å². The highest BCUT2D eigenvalue weighted by atomic mass is 16.5. The molecule has 0 bridgehead atoms. The van der Waals surface area contributed by atoms with Gasteiger partial charge in [-0.15, -0.1) is 6.58 Å². The third kappa shape index (κ3) is 7.21. The van der Waals surface area contributed by atoms with Gasteiger partial charge in [-0.2, -0.15) is 0 Å². The number of carboxylic acids is 1. The summed E-state index contributed by atoms with van der Waals surface area (Å²) >= 11 is 0. The molecule has 1 saturated heterocycles. The minimum absolute atomic E-state index is 0.134. The van der Waals surface area contributed by atoms with Crippen LogP contribution in [0.2, 0.25) is 12.1 Å². The molecule has 1 fully saturated rings. The van der Waals surface area contributed by atoms with Gasteiger partial charge in [0.25, 0.3) is 6.71 Å². The first-order valence-electron chi connectivity index (χ1n) is 11.1. The number of allylic oxidation sites excluding steroid dienone is 1. The average Bonchev–Trinajstić information content (AvgIpc) is 3.35. The van der Waals surface area contributed by atoms with E-state index in [0.717, 1.165) is 18.8 Å². The highest BCUT2D eigenvalue weighted by Gasteiger charge is 2.38. The van der Waals surface area contributed by atoms with Crippen LogP contribution in [-0.4, -0.2) is 54.9 Å². The third-order valence-corrected chi connectivity index (χ3v) is 5.75. The standard InChI is InChI=1S/C13H19BN2O3.C11H9NO4/c1-3-4-7-11(13(18)19-2)16-12(17)10-6-5-8-14(10)9-15;1-16-6-2-3-7-8(4-6)12-9(11(14)15)5-10(7)13/h3,10-11H,1,4-8H2,2H3,(H,16,17);2-5H,1H3,(H,12,13)(H,14,15). The summed E-state index contributed by atoms with van der Waals surface area (Å²) in [6.45, 7) is 3.35. The van der Waals surface area contributed by atoms with Gasteiger partial charge in [-0.25, -0.2) is 14.9 Å². The van der Waals surface area contributed by atoms with Crippen LogP contribution in [0.15, 0.2) is 41.7 Å². The second-order valence-electron chi connectivity index (χ2n) is 7.99. The van der Waals surface area contributed by atoms with Crippen molar-refractivity contribution in [2.75, 3.05) is 14.2 Å². The molecule has 1 aromatic heterocycles. The number of pyridine rings is 1. The van der Waals surface area contributed by atoms with Gasteiger partial charge in [0.05, 0.1) is 19.7 Å². The van der Waals surface area contributed by atoms with Crippen LogP contribution in [0.5, 0.6) is 5.75 Å². The molecule has 0 aliphatic carbocycles. The number of aromatic nitrogens is 1. The topological polar surface area (TPSA) is 159 Å². The summed E-state index contributed by atoms with van der Waals surface area (Å²) in [5.41, 5.74) is -0.0104. The molecule has 1 aliphatic heterocycles. The van der Waals surface area contributed by atoms with Crippen LogP contribution < -0.4 is 15.5 Å². The van der Waals surface area contributed by atoms with E-state index in [1.807, 2.05) is 0 Å². The summed E-state index contributed by atoms with van der Waals surface area (Å²) in [4.78, 5) is 48.7. The number of nitrogens with zero attached hydrogens (tertiary/aromatic N) is 1. The number of carboxylic acid groups (broad SMARTS) is 1. The summed E-state index contributed by atoms with van der Waals surface area (Å²) < 4.78 is 9.67. The van der Waals surface area contributed by atoms with E-state index in [1.165, 1.54) is 14.2 Å². The summed E-state index contributed by atoms with van der Waals surface area (Å²) in [7, 11) is 2.80. The number of fused-ring (bicyclic) bond motifs is 1. The Balaban J connectivity index is 0.000000250. The molecule has 1 aromatic carbocycles. The predicted octanol–water partition coefficient (Wildman–Crippen LogP) is 2.57. The number of aromatic amines is 1. The number of esters is 1. The van der Waals surface area contributed by atoms with Crippen LogP contribution in [0.3, 0.4) is 0 Å². The van der Waals surface area contributed by atoms with Crippen molar-refractivity contribution in [2.45, 2.75) is 43.9 Å². The van der Waals surface area contributed by atoms with Crippen LogP contribution in [0.1, 0.15) is 36.2 Å². The Labute approximate surface area is 203 Å². The maximum atomic E-state index is 12.1. The van der Waals surface area contributed by atoms with Gasteiger partial charge in [0, 0.05) is 29.3 Å². The molecular formula is C24H28BN3O7. The van der Waals surface area contributed by atoms with E-state index >= 15 is 0 Å². The molecule has 11 heteroatoms. The van der Waals surface area contributed by atoms with Crippen molar-refractivity contribution < 1.29 is 29.0 Å². The van der Waals surface area contributed by atoms with Crippen LogP contribution >= 0.6 is 0 Å². The average molecular weight is 481 g/mol. The Kier molecular flexibility index (Phi) is 10.1. The maximum absolute atomic E-state index is 12.1. The number of methoxy groups -OCH3 is 2. The Bertz CT molecular complexity index is 1190. The van der Waals surface area contributed by atoms with Gasteiger partial charge >= 0.3 is 11.9 Å². The Morgan fingerprint density at radius 2 is 2.11 bits per heavy atom. The lowest BCUT2D eigenvalue weighted by Crippen LogP contribution is -2.44. The lowest BCUT2D eigenvalue weighted by molar-refractivity contribution is -0.145. The van der Waals surface area contributed by atoms with Crippen molar-refractivity contribution in [2.24, 2.45) is 0 Å². The van der Waals surface area contributed by atoms with Crippen molar-refractivity contribution in [3.8, 4) is 11.7 Å². The van der Waals surface area contributed by atoms with Crippen molar-refractivity contribution in [3.63, 3.8) is 0 Å². The molecule has 1 aliphatic rings. The van der Waals surface area contributed by atoms with E-state index in [2.05, 4.69) is 27.6 Å².